The molecule has 0 aromatic carbocycles. The van der Waals surface area contributed by atoms with Gasteiger partial charge < -0.3 is 5.32 Å². The van der Waals surface area contributed by atoms with Crippen LogP contribution in [0.2, 0.25) is 0 Å². The van der Waals surface area contributed by atoms with Crippen molar-refractivity contribution in [3.8, 4) is 0 Å². The van der Waals surface area contributed by atoms with Gasteiger partial charge in [-0.15, -0.1) is 0 Å². The van der Waals surface area contributed by atoms with E-state index < -0.39 is 10.7 Å². The Morgan fingerprint density at radius 3 is 2.59 bits per heavy atom. The smallest absolute Gasteiger partial charge is 0.239 e. The third kappa shape index (κ3) is 2.31. The second-order valence-electron chi connectivity index (χ2n) is 4.20. The number of rotatable bonds is 4. The van der Waals surface area contributed by atoms with Gasteiger partial charge in [-0.3, -0.25) is 14.6 Å². The second-order valence-corrected chi connectivity index (χ2v) is 4.54. The van der Waals surface area contributed by atoms with Crippen molar-refractivity contribution in [2.45, 2.75) is 26.2 Å². The van der Waals surface area contributed by atoms with E-state index in [0.717, 1.165) is 12.1 Å². The zero-order valence-electron chi connectivity index (χ0n) is 9.50. The van der Waals surface area contributed by atoms with Gasteiger partial charge in [0.05, 0.1) is 11.9 Å². The molecule has 1 fully saturated rings. The molecule has 5 heteroatoms. The zero-order valence-corrected chi connectivity index (χ0v) is 10.3. The van der Waals surface area contributed by atoms with Crippen LogP contribution in [0.25, 0.3) is 0 Å². The predicted molar refractivity (Wildman–Crippen MR) is 64.8 cm³/mol. The van der Waals surface area contributed by atoms with Crippen molar-refractivity contribution >= 4 is 28.4 Å². The number of anilines is 1. The van der Waals surface area contributed by atoms with Crippen molar-refractivity contribution in [2.75, 3.05) is 5.32 Å². The lowest BCUT2D eigenvalue weighted by Crippen LogP contribution is -2.28. The summed E-state index contributed by atoms with van der Waals surface area (Å²) < 4.78 is 0. The van der Waals surface area contributed by atoms with E-state index in [2.05, 4.69) is 10.3 Å². The Morgan fingerprint density at radius 1 is 1.47 bits per heavy atom. The number of carbonyl (C=O) groups is 2. The Kier molecular flexibility index (Phi) is 3.15. The Labute approximate surface area is 104 Å². The molecule has 0 spiro atoms. The summed E-state index contributed by atoms with van der Waals surface area (Å²) in [6.45, 7) is 2.01. The summed E-state index contributed by atoms with van der Waals surface area (Å²) in [6.07, 6.45) is 3.49. The van der Waals surface area contributed by atoms with Gasteiger partial charge in [-0.2, -0.15) is 0 Å². The van der Waals surface area contributed by atoms with Crippen molar-refractivity contribution < 1.29 is 9.59 Å². The maximum atomic E-state index is 11.8. The lowest BCUT2D eigenvalue weighted by atomic mass is 10.1. The lowest BCUT2D eigenvalue weighted by Gasteiger charge is -2.10. The minimum Gasteiger partial charge on any atom is -0.324 e. The fourth-order valence-electron chi connectivity index (χ4n) is 1.60. The van der Waals surface area contributed by atoms with Crippen molar-refractivity contribution in [3.05, 3.63) is 24.0 Å². The molecule has 1 heterocycles. The lowest BCUT2D eigenvalue weighted by molar-refractivity contribution is -0.128. The van der Waals surface area contributed by atoms with Gasteiger partial charge >= 0.3 is 0 Å². The molecule has 1 saturated carbocycles. The number of hydrogen-bond donors (Lipinski definition) is 1. The highest BCUT2D eigenvalue weighted by atomic mass is 35.5. The summed E-state index contributed by atoms with van der Waals surface area (Å²) in [5, 5.41) is 2.09. The van der Waals surface area contributed by atoms with Crippen LogP contribution in [0.5, 0.6) is 0 Å². The van der Waals surface area contributed by atoms with Gasteiger partial charge in [0.1, 0.15) is 5.41 Å². The minimum atomic E-state index is -0.995. The molecule has 4 nitrogen and oxygen atoms in total. The van der Waals surface area contributed by atoms with Crippen LogP contribution in [-0.2, 0) is 16.0 Å². The Hall–Kier alpha value is -1.42. The molecule has 1 amide bonds. The molecule has 1 aromatic rings. The Balaban J connectivity index is 2.06. The largest absolute Gasteiger partial charge is 0.324 e. The van der Waals surface area contributed by atoms with Crippen molar-refractivity contribution in [3.63, 3.8) is 0 Å². The molecule has 1 aromatic heterocycles. The molecule has 2 rings (SSSR count). The number of aromatic nitrogens is 1. The number of nitrogens with zero attached hydrogens (tertiary/aromatic N) is 1. The molecular weight excluding hydrogens is 240 g/mol. The van der Waals surface area contributed by atoms with Gasteiger partial charge in [-0.05, 0) is 43.0 Å². The first-order valence-corrected chi connectivity index (χ1v) is 5.92. The van der Waals surface area contributed by atoms with E-state index in [9.17, 15) is 9.59 Å². The van der Waals surface area contributed by atoms with Crippen LogP contribution in [-0.4, -0.2) is 16.1 Å². The summed E-state index contributed by atoms with van der Waals surface area (Å²) in [6, 6.07) is 3.62. The number of pyridine rings is 1. The van der Waals surface area contributed by atoms with Crippen LogP contribution in [0, 0.1) is 5.41 Å². The van der Waals surface area contributed by atoms with Crippen molar-refractivity contribution in [1.82, 2.24) is 4.98 Å². The van der Waals surface area contributed by atoms with Gasteiger partial charge in [0.15, 0.2) is 0 Å². The topological polar surface area (TPSA) is 59.1 Å². The summed E-state index contributed by atoms with van der Waals surface area (Å²) in [4.78, 5) is 27.2. The molecular formula is C12H13ClN2O2. The first-order chi connectivity index (χ1) is 8.08. The van der Waals surface area contributed by atoms with Crippen LogP contribution in [0.15, 0.2) is 18.3 Å². The number of halogens is 1. The fourth-order valence-corrected chi connectivity index (χ4v) is 1.87. The molecule has 0 bridgehead atoms. The molecule has 0 unspecified atom stereocenters. The summed E-state index contributed by atoms with van der Waals surface area (Å²) in [5.41, 5.74) is 0.555. The number of hydrogen-bond acceptors (Lipinski definition) is 3. The normalized spacial score (nSPS) is 16.4. The Bertz CT molecular complexity index is 452. The molecule has 1 aliphatic rings. The van der Waals surface area contributed by atoms with E-state index in [1.165, 1.54) is 0 Å². The molecule has 0 atom stereocenters. The Morgan fingerprint density at radius 2 is 2.18 bits per heavy atom. The first kappa shape index (κ1) is 12.0. The quantitative estimate of drug-likeness (QED) is 0.660. The van der Waals surface area contributed by atoms with Crippen LogP contribution >= 0.6 is 11.6 Å². The standard InChI is InChI=1S/C12H13ClN2O2/c1-2-8-3-4-9(7-14-8)15-11(17)12(5-6-12)10(13)16/h3-4,7H,2,5-6H2,1H3,(H,15,17). The number of amides is 1. The van der Waals surface area contributed by atoms with E-state index in [1.54, 1.807) is 12.3 Å². The maximum Gasteiger partial charge on any atom is 0.239 e. The highest BCUT2D eigenvalue weighted by Crippen LogP contribution is 2.48. The van der Waals surface area contributed by atoms with Gasteiger partial charge in [-0.1, -0.05) is 6.92 Å². The molecule has 17 heavy (non-hydrogen) atoms. The summed E-state index contributed by atoms with van der Waals surface area (Å²) in [5.74, 6) is -0.330. The van der Waals surface area contributed by atoms with Crippen LogP contribution < -0.4 is 5.32 Å². The average molecular weight is 253 g/mol. The highest BCUT2D eigenvalue weighted by Gasteiger charge is 2.55. The van der Waals surface area contributed by atoms with E-state index in [0.29, 0.717) is 18.5 Å². The molecule has 90 valence electrons. The molecule has 0 radical (unpaired) electrons. The van der Waals surface area contributed by atoms with E-state index in [4.69, 9.17) is 11.6 Å². The third-order valence-electron chi connectivity index (χ3n) is 3.01. The van der Waals surface area contributed by atoms with E-state index >= 15 is 0 Å². The molecule has 0 aliphatic heterocycles. The SMILES string of the molecule is CCc1ccc(NC(=O)C2(C(=O)Cl)CC2)cn1. The fraction of sp³-hybridized carbons (Fsp3) is 0.417. The van der Waals surface area contributed by atoms with Crippen molar-refractivity contribution in [1.29, 1.82) is 0 Å². The third-order valence-corrected chi connectivity index (χ3v) is 3.37. The molecule has 0 saturated heterocycles. The van der Waals surface area contributed by atoms with Crippen molar-refractivity contribution in [2.24, 2.45) is 5.41 Å². The molecule has 1 aliphatic carbocycles. The van der Waals surface area contributed by atoms with Gasteiger partial charge in [0.2, 0.25) is 11.1 Å². The number of carbonyl (C=O) groups excluding carboxylic acids is 2. The number of nitrogens with one attached hydrogen (secondary N) is 1. The summed E-state index contributed by atoms with van der Waals surface area (Å²) in [7, 11) is 0. The van der Waals surface area contributed by atoms with Gasteiger partial charge in [0, 0.05) is 5.69 Å². The summed E-state index contributed by atoms with van der Waals surface area (Å²) >= 11 is 5.43. The average Bonchev–Trinajstić information content (AvgIpc) is 3.11. The second kappa shape index (κ2) is 4.45. The van der Waals surface area contributed by atoms with E-state index in [1.807, 2.05) is 13.0 Å². The minimum absolute atomic E-state index is 0.330. The highest BCUT2D eigenvalue weighted by molar-refractivity contribution is 6.67. The monoisotopic (exact) mass is 252 g/mol. The maximum absolute atomic E-state index is 11.8. The molecule has 1 N–H and O–H groups in total. The van der Waals surface area contributed by atoms with Crippen LogP contribution in [0.1, 0.15) is 25.5 Å². The zero-order chi connectivity index (χ0) is 12.5. The van der Waals surface area contributed by atoms with E-state index in [-0.39, 0.29) is 5.91 Å². The number of aryl methyl sites for hydroxylation is 1. The van der Waals surface area contributed by atoms with Gasteiger partial charge in [-0.25, -0.2) is 0 Å². The first-order valence-electron chi connectivity index (χ1n) is 5.55. The van der Waals surface area contributed by atoms with Crippen LogP contribution in [0.4, 0.5) is 5.69 Å². The predicted octanol–water partition coefficient (Wildman–Crippen LogP) is 2.13. The van der Waals surface area contributed by atoms with Gasteiger partial charge in [0.25, 0.3) is 0 Å². The van der Waals surface area contributed by atoms with Crippen LogP contribution in [0.3, 0.4) is 0 Å².